The summed E-state index contributed by atoms with van der Waals surface area (Å²) in [5.74, 6) is -1.32. The van der Waals surface area contributed by atoms with Crippen molar-refractivity contribution in [3.8, 4) is 11.5 Å². The van der Waals surface area contributed by atoms with Crippen molar-refractivity contribution >= 4 is 66.1 Å². The van der Waals surface area contributed by atoms with E-state index in [0.717, 1.165) is 56.8 Å². The molecule has 0 saturated carbocycles. The van der Waals surface area contributed by atoms with E-state index in [4.69, 9.17) is 0 Å². The average molecular weight is 1210 g/mol. The van der Waals surface area contributed by atoms with Gasteiger partial charge >= 0.3 is 5.97 Å². The smallest absolute Gasteiger partial charge is 0.342 e. The van der Waals surface area contributed by atoms with Crippen LogP contribution < -0.4 is 10.3 Å². The van der Waals surface area contributed by atoms with Gasteiger partial charge in [-0.2, -0.15) is 16.8 Å². The second-order valence-electron chi connectivity index (χ2n) is 26.9. The molecular formula is C70H81N2O12S2+. The fourth-order valence-corrected chi connectivity index (χ4v) is 12.6. The zero-order valence-electron chi connectivity index (χ0n) is 52.6. The summed E-state index contributed by atoms with van der Waals surface area (Å²) in [7, 11) is -10.2. The molecule has 16 heteroatoms. The first-order valence-electron chi connectivity index (χ1n) is 28.4. The zero-order valence-corrected chi connectivity index (χ0v) is 54.2. The van der Waals surface area contributed by atoms with E-state index >= 15 is 0 Å². The summed E-state index contributed by atoms with van der Waals surface area (Å²) in [5.41, 5.74) is 10.3. The number of anilines is 2. The molecule has 454 valence electrons. The number of nitrogens with one attached hydrogen (secondary N) is 2. The van der Waals surface area contributed by atoms with Gasteiger partial charge in [-0.3, -0.25) is 18.7 Å². The van der Waals surface area contributed by atoms with E-state index in [-0.39, 0.29) is 63.9 Å². The maximum atomic E-state index is 14.4. The van der Waals surface area contributed by atoms with Gasteiger partial charge in [-0.15, -0.1) is 0 Å². The van der Waals surface area contributed by atoms with Crippen molar-refractivity contribution in [3.63, 3.8) is 0 Å². The Balaban J connectivity index is 1.32. The third-order valence-electron chi connectivity index (χ3n) is 16.1. The molecule has 0 spiro atoms. The number of hydrogen-bond donors (Lipinski definition) is 7. The van der Waals surface area contributed by atoms with E-state index in [0.29, 0.717) is 61.9 Å². The lowest BCUT2D eigenvalue weighted by Crippen LogP contribution is -2.68. The van der Waals surface area contributed by atoms with E-state index in [2.05, 4.69) is 10.3 Å². The minimum absolute atomic E-state index is 0.0000607. The van der Waals surface area contributed by atoms with Crippen LogP contribution in [0.15, 0.2) is 118 Å². The van der Waals surface area contributed by atoms with Gasteiger partial charge in [-0.1, -0.05) is 107 Å². The van der Waals surface area contributed by atoms with E-state index < -0.39 is 57.7 Å². The second kappa shape index (κ2) is 23.5. The van der Waals surface area contributed by atoms with E-state index in [9.17, 15) is 55.6 Å². The molecule has 0 saturated heterocycles. The first-order chi connectivity index (χ1) is 39.4. The number of phenols is 2. The summed E-state index contributed by atoms with van der Waals surface area (Å²) in [4.78, 5) is 43.8. The van der Waals surface area contributed by atoms with Crippen LogP contribution in [0.4, 0.5) is 17.1 Å². The number of carbonyl (C=O) groups is 3. The van der Waals surface area contributed by atoms with E-state index in [1.54, 1.807) is 54.6 Å². The summed E-state index contributed by atoms with van der Waals surface area (Å²) in [6, 6.07) is 20.4. The van der Waals surface area contributed by atoms with Crippen molar-refractivity contribution in [2.45, 2.75) is 169 Å². The van der Waals surface area contributed by atoms with Crippen LogP contribution in [0.25, 0.3) is 5.57 Å². The predicted molar refractivity (Wildman–Crippen MR) is 341 cm³/mol. The van der Waals surface area contributed by atoms with Gasteiger partial charge in [-0.25, -0.2) is 9.79 Å². The Morgan fingerprint density at radius 1 is 0.523 bits per heavy atom. The molecule has 6 aromatic rings. The number of carboxylic acid groups (broad SMARTS) is 1. The molecule has 0 fully saturated rings. The highest BCUT2D eigenvalue weighted by Crippen LogP contribution is 2.43. The summed E-state index contributed by atoms with van der Waals surface area (Å²) in [5, 5.41) is 37.2. The van der Waals surface area contributed by atoms with Crippen LogP contribution in [0, 0.1) is 41.5 Å². The Hall–Kier alpha value is -7.76. The van der Waals surface area contributed by atoms with Crippen LogP contribution in [0.5, 0.6) is 11.5 Å². The van der Waals surface area contributed by atoms with Gasteiger partial charge in [0.25, 0.3) is 20.2 Å². The van der Waals surface area contributed by atoms with Crippen molar-refractivity contribution in [1.82, 2.24) is 0 Å². The standard InChI is InChI=1S/C70H80N2O12S2/c1-37-27-39(3)62(41(5)50(37)35-58(73)45-30-53(67(7,8)9)64(75)54(31-45)68(10,11)12)71-47-22-19-43(20-23-47)61(49-25-24-48(85(79,80)81)34-60(49)86(82,83)84)44-21-26-57(52(29-44)66(77)78)72-63-40(4)28-38(2)51(42(63)6)36-59(74)46-32-55(69(13,14)15)65(76)56(33-46)70(16,17)18/h19-34,71,75-76H,35-36H2,1-18H3,(H,77,78)(H,79,80,81)(H,82,83,84)/p+1. The quantitative estimate of drug-likeness (QED) is 0.0397. The summed E-state index contributed by atoms with van der Waals surface area (Å²) in [6.45, 7) is 35.3. The first-order valence-corrected chi connectivity index (χ1v) is 31.3. The van der Waals surface area contributed by atoms with Gasteiger partial charge in [0.15, 0.2) is 11.6 Å². The maximum Gasteiger partial charge on any atom is 0.342 e. The average Bonchev–Trinajstić information content (AvgIpc) is 0.876. The van der Waals surface area contributed by atoms with Gasteiger partial charge < -0.3 is 20.6 Å². The number of carbonyl (C=O) groups excluding carboxylic acids is 2. The molecule has 1 aliphatic carbocycles. The fourth-order valence-electron chi connectivity index (χ4n) is 11.3. The number of aromatic hydroxyl groups is 2. The van der Waals surface area contributed by atoms with Crippen molar-refractivity contribution in [3.05, 3.63) is 197 Å². The molecule has 0 aliphatic heterocycles. The molecule has 0 bridgehead atoms. The van der Waals surface area contributed by atoms with Gasteiger partial charge in [-0.05, 0) is 180 Å². The van der Waals surface area contributed by atoms with Gasteiger partial charge in [0, 0.05) is 80.4 Å². The largest absolute Gasteiger partial charge is 0.507 e. The van der Waals surface area contributed by atoms with Gasteiger partial charge in [0.1, 0.15) is 22.0 Å². The van der Waals surface area contributed by atoms with Crippen molar-refractivity contribution < 1.29 is 60.6 Å². The lowest BCUT2D eigenvalue weighted by Gasteiger charge is -2.28. The molecule has 6 aromatic carbocycles. The summed E-state index contributed by atoms with van der Waals surface area (Å²) < 4.78 is 72.0. The molecule has 86 heavy (non-hydrogen) atoms. The number of rotatable bonds is 14. The number of aryl methyl sites for hydroxylation is 4. The molecule has 0 unspecified atom stereocenters. The highest BCUT2D eigenvalue weighted by Gasteiger charge is 2.33. The van der Waals surface area contributed by atoms with Gasteiger partial charge in [0.05, 0.1) is 4.90 Å². The summed E-state index contributed by atoms with van der Waals surface area (Å²) in [6.07, 6.45) is 4.48. The Labute approximate surface area is 507 Å². The van der Waals surface area contributed by atoms with Crippen LogP contribution >= 0.6 is 0 Å². The fraction of sp³-hybridized carbons (Fsp3) is 0.343. The Bertz CT molecular complexity index is 4120. The minimum atomic E-state index is -5.24. The van der Waals surface area contributed by atoms with Crippen molar-refractivity contribution in [2.24, 2.45) is 0 Å². The molecule has 14 nitrogen and oxygen atoms in total. The Morgan fingerprint density at radius 3 is 1.38 bits per heavy atom. The molecule has 0 radical (unpaired) electrons. The molecule has 0 atom stereocenters. The molecule has 0 amide bonds. The van der Waals surface area contributed by atoms with Crippen LogP contribution in [-0.4, -0.2) is 64.5 Å². The molecule has 7 N–H and O–H groups in total. The molecule has 7 rings (SSSR count). The number of allylic oxidation sites excluding steroid dienone is 4. The van der Waals surface area contributed by atoms with E-state index in [1.165, 1.54) is 12.2 Å². The number of carboxylic acids is 1. The number of Topliss-reactive ketones (excluding diaryl/α,β-unsaturated/α-hetero) is 2. The van der Waals surface area contributed by atoms with Crippen LogP contribution in [0.2, 0.25) is 0 Å². The first kappa shape index (κ1) is 65.8. The molecule has 0 heterocycles. The van der Waals surface area contributed by atoms with Crippen LogP contribution in [-0.2, 0) is 59.5 Å². The number of aliphatic carboxylic acids is 1. The third-order valence-corrected chi connectivity index (χ3v) is 17.8. The zero-order chi connectivity index (χ0) is 64.5. The number of hydrogen-bond acceptors (Lipinski definition) is 10. The molecule has 0 aromatic heterocycles. The van der Waals surface area contributed by atoms with Crippen molar-refractivity contribution in [2.75, 3.05) is 5.32 Å². The van der Waals surface area contributed by atoms with E-state index in [1.807, 2.05) is 137 Å². The third kappa shape index (κ3) is 13.9. The van der Waals surface area contributed by atoms with Crippen molar-refractivity contribution in [1.29, 1.82) is 0 Å². The lowest BCUT2D eigenvalue weighted by atomic mass is 9.77. The SMILES string of the molecule is Cc1cc(C)c(Nc2ccc(C(=C3C=CC(=[NH+]c4c(C)cc(C)c(CC(=O)c5cc(C(C)(C)C)c(O)c(C(C)(C)C)c5)c4C)C(C(=O)O)=C3)c3ccc(S(=O)(=O)O)cc3S(=O)(=O)O)cc2)c(C)c1CC(=O)c1cc(C(C)(C)C)c(O)c(C(C)(C)C)c1. The van der Waals surface area contributed by atoms with Crippen LogP contribution in [0.3, 0.4) is 0 Å². The minimum Gasteiger partial charge on any atom is -0.507 e. The molecule has 1 aliphatic rings. The second-order valence-corrected chi connectivity index (χ2v) is 29.7. The predicted octanol–water partition coefficient (Wildman–Crippen LogP) is 13.5. The maximum absolute atomic E-state index is 14.4. The lowest BCUT2D eigenvalue weighted by molar-refractivity contribution is -0.353. The topological polar surface area (TPSA) is 247 Å². The van der Waals surface area contributed by atoms with Crippen LogP contribution in [0.1, 0.15) is 182 Å². The Kier molecular flexibility index (Phi) is 18.0. The highest BCUT2D eigenvalue weighted by atomic mass is 32.2. The summed E-state index contributed by atoms with van der Waals surface area (Å²) >= 11 is 0. The van der Waals surface area contributed by atoms with Gasteiger partial charge in [0.2, 0.25) is 11.4 Å². The number of ketones is 2. The number of benzene rings is 6. The normalized spacial score (nSPS) is 14.6. The monoisotopic (exact) mass is 1210 g/mol. The molecular weight excluding hydrogens is 1120 g/mol. The number of phenolic OH excluding ortho intramolecular Hbond substituents is 2. The Morgan fingerprint density at radius 2 is 0.965 bits per heavy atom. The highest BCUT2D eigenvalue weighted by molar-refractivity contribution is 7.86.